The van der Waals surface area contributed by atoms with Crippen LogP contribution in [0.4, 0.5) is 0 Å². The lowest BCUT2D eigenvalue weighted by Crippen LogP contribution is -2.31. The number of benzene rings is 1. The van der Waals surface area contributed by atoms with E-state index in [1.807, 2.05) is 30.3 Å². The van der Waals surface area contributed by atoms with E-state index in [2.05, 4.69) is 29.4 Å². The highest BCUT2D eigenvalue weighted by molar-refractivity contribution is 5.78. The minimum absolute atomic E-state index is 0.0392. The van der Waals surface area contributed by atoms with Gasteiger partial charge in [-0.1, -0.05) is 44.2 Å². The van der Waals surface area contributed by atoms with Crippen molar-refractivity contribution >= 4 is 5.91 Å². The molecule has 2 rings (SSSR count). The second-order valence-corrected chi connectivity index (χ2v) is 5.57. The molecule has 2 aromatic rings. The molecule has 1 aromatic carbocycles. The van der Waals surface area contributed by atoms with Crippen LogP contribution >= 0.6 is 0 Å². The number of carbonyl (C=O) groups excluding carboxylic acids is 1. The van der Waals surface area contributed by atoms with Gasteiger partial charge in [0.25, 0.3) is 0 Å². The van der Waals surface area contributed by atoms with Crippen LogP contribution in [0.15, 0.2) is 34.7 Å². The van der Waals surface area contributed by atoms with Gasteiger partial charge in [-0.2, -0.15) is 0 Å². The van der Waals surface area contributed by atoms with E-state index >= 15 is 0 Å². The van der Waals surface area contributed by atoms with E-state index in [9.17, 15) is 4.79 Å². The quantitative estimate of drug-likeness (QED) is 0.887. The molecule has 0 bridgehead atoms. The van der Waals surface area contributed by atoms with E-state index in [4.69, 9.17) is 4.42 Å². The zero-order chi connectivity index (χ0) is 15.2. The van der Waals surface area contributed by atoms with Crippen LogP contribution in [-0.4, -0.2) is 16.1 Å². The Morgan fingerprint density at radius 2 is 1.95 bits per heavy atom. The second kappa shape index (κ2) is 7.02. The standard InChI is InChI=1S/C16H21N3O2/c1-11(2)9-14(16-19-18-12(3)21-16)17-15(20)10-13-7-5-4-6-8-13/h4-8,11,14H,9-10H2,1-3H3,(H,17,20). The van der Waals surface area contributed by atoms with Gasteiger partial charge in [-0.3, -0.25) is 4.79 Å². The first-order chi connectivity index (χ1) is 10.0. The monoisotopic (exact) mass is 287 g/mol. The van der Waals surface area contributed by atoms with Crippen LogP contribution in [0.25, 0.3) is 0 Å². The number of carbonyl (C=O) groups is 1. The summed E-state index contributed by atoms with van der Waals surface area (Å²) in [5.41, 5.74) is 0.986. The van der Waals surface area contributed by atoms with Crippen molar-refractivity contribution < 1.29 is 9.21 Å². The fourth-order valence-electron chi connectivity index (χ4n) is 2.17. The molecule has 0 radical (unpaired) electrons. The molecule has 1 unspecified atom stereocenters. The minimum Gasteiger partial charge on any atom is -0.423 e. The first-order valence-corrected chi connectivity index (χ1v) is 7.18. The number of rotatable bonds is 6. The Kier molecular flexibility index (Phi) is 5.09. The summed E-state index contributed by atoms with van der Waals surface area (Å²) in [5, 5.41) is 10.9. The highest BCUT2D eigenvalue weighted by atomic mass is 16.4. The molecule has 1 N–H and O–H groups in total. The molecular weight excluding hydrogens is 266 g/mol. The van der Waals surface area contributed by atoms with Gasteiger partial charge in [-0.15, -0.1) is 10.2 Å². The molecule has 21 heavy (non-hydrogen) atoms. The summed E-state index contributed by atoms with van der Waals surface area (Å²) >= 11 is 0. The SMILES string of the molecule is Cc1nnc(C(CC(C)C)NC(=O)Cc2ccccc2)o1. The molecule has 1 aromatic heterocycles. The Bertz CT molecular complexity index is 578. The molecule has 0 aliphatic carbocycles. The summed E-state index contributed by atoms with van der Waals surface area (Å²) in [4.78, 5) is 12.2. The second-order valence-electron chi connectivity index (χ2n) is 5.57. The summed E-state index contributed by atoms with van der Waals surface area (Å²) in [7, 11) is 0. The fourth-order valence-corrected chi connectivity index (χ4v) is 2.17. The van der Waals surface area contributed by atoms with Gasteiger partial charge in [-0.25, -0.2) is 0 Å². The van der Waals surface area contributed by atoms with Gasteiger partial charge in [-0.05, 0) is 17.9 Å². The highest BCUT2D eigenvalue weighted by Crippen LogP contribution is 2.20. The van der Waals surface area contributed by atoms with E-state index in [1.54, 1.807) is 6.92 Å². The molecule has 5 nitrogen and oxygen atoms in total. The molecule has 1 amide bonds. The van der Waals surface area contributed by atoms with Crippen molar-refractivity contribution in [1.29, 1.82) is 0 Å². The number of aromatic nitrogens is 2. The maximum atomic E-state index is 12.2. The van der Waals surface area contributed by atoms with Crippen LogP contribution in [0.1, 0.15) is 43.7 Å². The molecule has 1 atom stereocenters. The Morgan fingerprint density at radius 1 is 1.24 bits per heavy atom. The van der Waals surface area contributed by atoms with E-state index < -0.39 is 0 Å². The summed E-state index contributed by atoms with van der Waals surface area (Å²) in [5.74, 6) is 1.36. The Hall–Kier alpha value is -2.17. The number of hydrogen-bond acceptors (Lipinski definition) is 4. The largest absolute Gasteiger partial charge is 0.423 e. The zero-order valence-corrected chi connectivity index (χ0v) is 12.7. The molecule has 0 aliphatic rings. The van der Waals surface area contributed by atoms with Gasteiger partial charge in [0.15, 0.2) is 0 Å². The molecular formula is C16H21N3O2. The predicted octanol–water partition coefficient (Wildman–Crippen LogP) is 2.82. The zero-order valence-electron chi connectivity index (χ0n) is 12.7. The first-order valence-electron chi connectivity index (χ1n) is 7.18. The maximum Gasteiger partial charge on any atom is 0.238 e. The number of aryl methyl sites for hydroxylation is 1. The maximum absolute atomic E-state index is 12.2. The summed E-state index contributed by atoms with van der Waals surface area (Å²) in [6.07, 6.45) is 1.12. The predicted molar refractivity (Wildman–Crippen MR) is 79.5 cm³/mol. The van der Waals surface area contributed by atoms with Crippen LogP contribution in [0.2, 0.25) is 0 Å². The fraction of sp³-hybridized carbons (Fsp3) is 0.438. The van der Waals surface area contributed by atoms with E-state index in [0.29, 0.717) is 24.1 Å². The summed E-state index contributed by atoms with van der Waals surface area (Å²) in [6.45, 7) is 5.94. The number of hydrogen-bond donors (Lipinski definition) is 1. The van der Waals surface area contributed by atoms with Crippen molar-refractivity contribution in [2.24, 2.45) is 5.92 Å². The Balaban J connectivity index is 2.03. The molecule has 0 saturated carbocycles. The van der Waals surface area contributed by atoms with Crippen molar-refractivity contribution in [2.75, 3.05) is 0 Å². The Morgan fingerprint density at radius 3 is 2.52 bits per heavy atom. The van der Waals surface area contributed by atoms with Crippen molar-refractivity contribution in [3.63, 3.8) is 0 Å². The van der Waals surface area contributed by atoms with E-state index in [1.165, 1.54) is 0 Å². The van der Waals surface area contributed by atoms with Gasteiger partial charge < -0.3 is 9.73 Å². The van der Waals surface area contributed by atoms with E-state index in [-0.39, 0.29) is 11.9 Å². The van der Waals surface area contributed by atoms with Gasteiger partial charge in [0, 0.05) is 6.92 Å². The minimum atomic E-state index is -0.234. The average Bonchev–Trinajstić information content (AvgIpc) is 2.85. The third-order valence-corrected chi connectivity index (χ3v) is 3.09. The lowest BCUT2D eigenvalue weighted by Gasteiger charge is -2.17. The Labute approximate surface area is 124 Å². The average molecular weight is 287 g/mol. The van der Waals surface area contributed by atoms with Gasteiger partial charge in [0.1, 0.15) is 6.04 Å². The van der Waals surface area contributed by atoms with Crippen LogP contribution in [0.5, 0.6) is 0 Å². The van der Waals surface area contributed by atoms with Crippen molar-refractivity contribution in [3.8, 4) is 0 Å². The normalized spacial score (nSPS) is 12.4. The van der Waals surface area contributed by atoms with Gasteiger partial charge >= 0.3 is 0 Å². The third kappa shape index (κ3) is 4.70. The molecule has 0 saturated heterocycles. The van der Waals surface area contributed by atoms with Gasteiger partial charge in [0.05, 0.1) is 6.42 Å². The summed E-state index contributed by atoms with van der Waals surface area (Å²) in [6, 6.07) is 9.43. The highest BCUT2D eigenvalue weighted by Gasteiger charge is 2.21. The van der Waals surface area contributed by atoms with Crippen LogP contribution in [0.3, 0.4) is 0 Å². The van der Waals surface area contributed by atoms with Gasteiger partial charge in [0.2, 0.25) is 17.7 Å². The lowest BCUT2D eigenvalue weighted by molar-refractivity contribution is -0.121. The smallest absolute Gasteiger partial charge is 0.238 e. The van der Waals surface area contributed by atoms with Crippen LogP contribution in [0, 0.1) is 12.8 Å². The molecule has 5 heteroatoms. The first kappa shape index (κ1) is 15.2. The molecule has 1 heterocycles. The summed E-state index contributed by atoms with van der Waals surface area (Å²) < 4.78 is 5.46. The molecule has 112 valence electrons. The van der Waals surface area contributed by atoms with Crippen LogP contribution in [-0.2, 0) is 11.2 Å². The molecule has 0 spiro atoms. The molecule has 0 aliphatic heterocycles. The lowest BCUT2D eigenvalue weighted by atomic mass is 10.0. The van der Waals surface area contributed by atoms with Crippen molar-refractivity contribution in [1.82, 2.24) is 15.5 Å². The number of nitrogens with one attached hydrogen (secondary N) is 1. The van der Waals surface area contributed by atoms with E-state index in [0.717, 1.165) is 12.0 Å². The topological polar surface area (TPSA) is 68.0 Å². The number of amides is 1. The third-order valence-electron chi connectivity index (χ3n) is 3.09. The molecule has 0 fully saturated rings. The van der Waals surface area contributed by atoms with Crippen molar-refractivity contribution in [3.05, 3.63) is 47.7 Å². The number of nitrogens with zero attached hydrogens (tertiary/aromatic N) is 2. The van der Waals surface area contributed by atoms with Crippen LogP contribution < -0.4 is 5.32 Å². The van der Waals surface area contributed by atoms with Crippen molar-refractivity contribution in [2.45, 2.75) is 39.7 Å².